The van der Waals surface area contributed by atoms with Crippen molar-refractivity contribution in [3.8, 4) is 0 Å². The highest BCUT2D eigenvalue weighted by atomic mass is 35.5. The van der Waals surface area contributed by atoms with E-state index >= 15 is 0 Å². The summed E-state index contributed by atoms with van der Waals surface area (Å²) >= 11 is 0. The average Bonchev–Trinajstić information content (AvgIpc) is 2.34. The van der Waals surface area contributed by atoms with Gasteiger partial charge in [0.15, 0.2) is 0 Å². The molecule has 0 saturated carbocycles. The van der Waals surface area contributed by atoms with E-state index in [0.717, 1.165) is 5.69 Å². The van der Waals surface area contributed by atoms with E-state index in [4.69, 9.17) is 5.73 Å². The Bertz CT molecular complexity index is 410. The fourth-order valence-corrected chi connectivity index (χ4v) is 1.53. The van der Waals surface area contributed by atoms with Gasteiger partial charge < -0.3 is 16.4 Å². The highest BCUT2D eigenvalue weighted by Gasteiger charge is 2.21. The molecule has 1 aromatic carbocycles. The van der Waals surface area contributed by atoms with Crippen molar-refractivity contribution in [2.75, 3.05) is 11.9 Å². The number of benzene rings is 1. The molecule has 0 aliphatic carbocycles. The van der Waals surface area contributed by atoms with E-state index in [1.165, 1.54) is 0 Å². The number of carbonyl (C=O) groups is 2. The lowest BCUT2D eigenvalue weighted by atomic mass is 10.0. The van der Waals surface area contributed by atoms with Gasteiger partial charge in [0.2, 0.25) is 11.8 Å². The van der Waals surface area contributed by atoms with Crippen LogP contribution in [0.5, 0.6) is 0 Å². The lowest BCUT2D eigenvalue weighted by Gasteiger charge is -2.19. The Morgan fingerprint density at radius 1 is 1.21 bits per heavy atom. The number of nitrogens with one attached hydrogen (secondary N) is 2. The smallest absolute Gasteiger partial charge is 0.240 e. The molecule has 4 N–H and O–H groups in total. The maximum Gasteiger partial charge on any atom is 0.240 e. The summed E-state index contributed by atoms with van der Waals surface area (Å²) < 4.78 is 0. The molecule has 1 unspecified atom stereocenters. The Kier molecular flexibility index (Phi) is 7.60. The first-order valence-electron chi connectivity index (χ1n) is 5.88. The van der Waals surface area contributed by atoms with Gasteiger partial charge in [-0.2, -0.15) is 0 Å². The summed E-state index contributed by atoms with van der Waals surface area (Å²) in [6, 6.07) is 8.74. The fourth-order valence-electron chi connectivity index (χ4n) is 1.53. The van der Waals surface area contributed by atoms with Gasteiger partial charge in [0.25, 0.3) is 0 Å². The maximum absolute atomic E-state index is 11.7. The zero-order valence-electron chi connectivity index (χ0n) is 11.1. The van der Waals surface area contributed by atoms with Gasteiger partial charge in [0.1, 0.15) is 6.04 Å². The molecule has 1 aromatic rings. The molecule has 0 aliphatic rings. The van der Waals surface area contributed by atoms with Gasteiger partial charge in [-0.25, -0.2) is 0 Å². The summed E-state index contributed by atoms with van der Waals surface area (Å²) in [6.07, 6.45) is 0. The van der Waals surface area contributed by atoms with Gasteiger partial charge in [0.05, 0.1) is 6.54 Å². The molecule has 0 fully saturated rings. The fraction of sp³-hybridized carbons (Fsp3) is 0.385. The van der Waals surface area contributed by atoms with Crippen LogP contribution >= 0.6 is 12.4 Å². The van der Waals surface area contributed by atoms with Gasteiger partial charge in [-0.15, -0.1) is 12.4 Å². The number of nitrogens with two attached hydrogens (primary N) is 1. The van der Waals surface area contributed by atoms with E-state index in [0.29, 0.717) is 0 Å². The first kappa shape index (κ1) is 17.2. The van der Waals surface area contributed by atoms with Gasteiger partial charge in [-0.05, 0) is 18.1 Å². The van der Waals surface area contributed by atoms with Crippen LogP contribution in [0.4, 0.5) is 5.69 Å². The van der Waals surface area contributed by atoms with Crippen molar-refractivity contribution < 1.29 is 9.59 Å². The third kappa shape index (κ3) is 6.10. The quantitative estimate of drug-likeness (QED) is 0.733. The summed E-state index contributed by atoms with van der Waals surface area (Å²) in [5, 5.41) is 5.57. The molecule has 0 bridgehead atoms. The van der Waals surface area contributed by atoms with Gasteiger partial charge >= 0.3 is 0 Å². The van der Waals surface area contributed by atoms with Crippen LogP contribution in [-0.4, -0.2) is 24.4 Å². The lowest BCUT2D eigenvalue weighted by molar-refractivity contribution is -0.127. The second kappa shape index (κ2) is 8.37. The SMILES string of the molecule is CC(C)C(NC(=O)CNc1ccccc1)C(N)=O.Cl. The standard InChI is InChI=1S/C13H19N3O2.ClH/c1-9(2)12(13(14)18)16-11(17)8-15-10-6-4-3-5-7-10;/h3-7,9,12,15H,8H2,1-2H3,(H2,14,18)(H,16,17);1H. The van der Waals surface area contributed by atoms with Crippen molar-refractivity contribution in [1.29, 1.82) is 0 Å². The van der Waals surface area contributed by atoms with Crippen molar-refractivity contribution in [1.82, 2.24) is 5.32 Å². The summed E-state index contributed by atoms with van der Waals surface area (Å²) in [4.78, 5) is 22.8. The summed E-state index contributed by atoms with van der Waals surface area (Å²) in [6.45, 7) is 3.78. The summed E-state index contributed by atoms with van der Waals surface area (Å²) in [5.41, 5.74) is 6.07. The van der Waals surface area contributed by atoms with E-state index in [9.17, 15) is 9.59 Å². The van der Waals surface area contributed by atoms with E-state index in [1.807, 2.05) is 44.2 Å². The Hall–Kier alpha value is -1.75. The second-order valence-corrected chi connectivity index (χ2v) is 4.41. The minimum atomic E-state index is -0.630. The van der Waals surface area contributed by atoms with Crippen LogP contribution in [0.15, 0.2) is 30.3 Å². The minimum absolute atomic E-state index is 0. The average molecular weight is 286 g/mol. The molecule has 0 aliphatic heterocycles. The van der Waals surface area contributed by atoms with Crippen LogP contribution in [-0.2, 0) is 9.59 Å². The molecule has 19 heavy (non-hydrogen) atoms. The van der Waals surface area contributed by atoms with Crippen molar-refractivity contribution in [2.24, 2.45) is 11.7 Å². The number of carbonyl (C=O) groups excluding carboxylic acids is 2. The topological polar surface area (TPSA) is 84.2 Å². The summed E-state index contributed by atoms with van der Waals surface area (Å²) in [7, 11) is 0. The monoisotopic (exact) mass is 285 g/mol. The minimum Gasteiger partial charge on any atom is -0.376 e. The normalized spacial score (nSPS) is 11.3. The number of amides is 2. The number of hydrogen-bond donors (Lipinski definition) is 3. The number of rotatable bonds is 6. The van der Waals surface area contributed by atoms with Crippen molar-refractivity contribution in [2.45, 2.75) is 19.9 Å². The number of primary amides is 1. The van der Waals surface area contributed by atoms with Gasteiger partial charge in [-0.1, -0.05) is 32.0 Å². The van der Waals surface area contributed by atoms with Crippen molar-refractivity contribution >= 4 is 29.9 Å². The lowest BCUT2D eigenvalue weighted by Crippen LogP contribution is -2.49. The number of hydrogen-bond acceptors (Lipinski definition) is 3. The zero-order chi connectivity index (χ0) is 13.5. The molecular formula is C13H20ClN3O2. The Morgan fingerprint density at radius 2 is 1.79 bits per heavy atom. The molecule has 1 rings (SSSR count). The van der Waals surface area contributed by atoms with E-state index in [-0.39, 0.29) is 30.8 Å². The van der Waals surface area contributed by atoms with Crippen molar-refractivity contribution in [3.05, 3.63) is 30.3 Å². The Morgan fingerprint density at radius 3 is 2.26 bits per heavy atom. The molecule has 6 heteroatoms. The molecule has 0 radical (unpaired) electrons. The number of halogens is 1. The molecule has 0 aromatic heterocycles. The maximum atomic E-state index is 11.7. The zero-order valence-corrected chi connectivity index (χ0v) is 11.9. The molecule has 0 spiro atoms. The van der Waals surface area contributed by atoms with Crippen LogP contribution in [0.25, 0.3) is 0 Å². The largest absolute Gasteiger partial charge is 0.376 e. The van der Waals surface area contributed by atoms with E-state index in [1.54, 1.807) is 0 Å². The van der Waals surface area contributed by atoms with Gasteiger partial charge in [-0.3, -0.25) is 9.59 Å². The Balaban J connectivity index is 0.00000324. The molecule has 1 atom stereocenters. The third-order valence-corrected chi connectivity index (χ3v) is 2.52. The predicted molar refractivity (Wildman–Crippen MR) is 78.1 cm³/mol. The second-order valence-electron chi connectivity index (χ2n) is 4.41. The Labute approximate surface area is 119 Å². The molecular weight excluding hydrogens is 266 g/mol. The van der Waals surface area contributed by atoms with Crippen molar-refractivity contribution in [3.63, 3.8) is 0 Å². The van der Waals surface area contributed by atoms with E-state index in [2.05, 4.69) is 10.6 Å². The van der Waals surface area contributed by atoms with Crippen LogP contribution < -0.4 is 16.4 Å². The summed E-state index contributed by atoms with van der Waals surface area (Å²) in [5.74, 6) is -0.794. The van der Waals surface area contributed by atoms with Crippen LogP contribution in [0, 0.1) is 5.92 Å². The predicted octanol–water partition coefficient (Wildman–Crippen LogP) is 1.15. The first-order valence-corrected chi connectivity index (χ1v) is 5.88. The molecule has 0 heterocycles. The van der Waals surface area contributed by atoms with Gasteiger partial charge in [0, 0.05) is 5.69 Å². The van der Waals surface area contributed by atoms with Crippen LogP contribution in [0.3, 0.4) is 0 Å². The molecule has 2 amide bonds. The molecule has 0 saturated heterocycles. The number of para-hydroxylation sites is 1. The number of anilines is 1. The highest BCUT2D eigenvalue weighted by Crippen LogP contribution is 2.04. The highest BCUT2D eigenvalue weighted by molar-refractivity contribution is 5.88. The van der Waals surface area contributed by atoms with E-state index < -0.39 is 11.9 Å². The molecule has 106 valence electrons. The molecule has 5 nitrogen and oxygen atoms in total. The third-order valence-electron chi connectivity index (χ3n) is 2.52. The van der Waals surface area contributed by atoms with Crippen LogP contribution in [0.1, 0.15) is 13.8 Å². The first-order chi connectivity index (χ1) is 8.50. The van der Waals surface area contributed by atoms with Crippen LogP contribution in [0.2, 0.25) is 0 Å².